The first-order valence-electron chi connectivity index (χ1n) is 8.27. The van der Waals surface area contributed by atoms with Crippen LogP contribution >= 0.6 is 23.2 Å². The molecule has 0 aliphatic rings. The van der Waals surface area contributed by atoms with Gasteiger partial charge in [-0.15, -0.1) is 0 Å². The zero-order valence-electron chi connectivity index (χ0n) is 15.3. The van der Waals surface area contributed by atoms with E-state index in [2.05, 4.69) is 25.6 Å². The van der Waals surface area contributed by atoms with Gasteiger partial charge in [0.15, 0.2) is 16.7 Å². The number of aromatic nitrogens is 3. The number of hydrogen-bond acceptors (Lipinski definition) is 4. The second-order valence-electron chi connectivity index (χ2n) is 5.90. The van der Waals surface area contributed by atoms with E-state index in [-0.39, 0.29) is 38.6 Å². The summed E-state index contributed by atoms with van der Waals surface area (Å²) in [5, 5.41) is 9.65. The van der Waals surface area contributed by atoms with Crippen LogP contribution in [0, 0.1) is 13.5 Å². The first-order chi connectivity index (χ1) is 13.8. The molecule has 0 aliphatic carbocycles. The Kier molecular flexibility index (Phi) is 5.82. The number of benzene rings is 1. The Bertz CT molecular complexity index is 1170. The zero-order chi connectivity index (χ0) is 21.1. The standard InChI is InChI=1S/C19H14Cl2N6O2/c1-10-7-11(22-2)8-12(18(28)23-3)16(10)25-19(29)14-9-15(21)26-27(14)17-13(20)5-4-6-24-17/h4-9H,1,3H3,(H,23,28)(H,25,29). The van der Waals surface area contributed by atoms with Crippen LogP contribution in [0.5, 0.6) is 0 Å². The molecule has 0 aliphatic heterocycles. The van der Waals surface area contributed by atoms with Crippen molar-refractivity contribution in [3.63, 3.8) is 0 Å². The second-order valence-corrected chi connectivity index (χ2v) is 6.70. The fraction of sp³-hybridized carbons (Fsp3) is 0.105. The number of halogens is 2. The Labute approximate surface area is 176 Å². The topological polar surface area (TPSA) is 93.3 Å². The van der Waals surface area contributed by atoms with Crippen LogP contribution in [-0.2, 0) is 0 Å². The minimum Gasteiger partial charge on any atom is -0.355 e. The number of aryl methyl sites for hydroxylation is 1. The van der Waals surface area contributed by atoms with Crippen molar-refractivity contribution in [2.24, 2.45) is 0 Å². The number of pyridine rings is 1. The summed E-state index contributed by atoms with van der Waals surface area (Å²) >= 11 is 12.2. The first kappa shape index (κ1) is 20.3. The molecule has 29 heavy (non-hydrogen) atoms. The van der Waals surface area contributed by atoms with Gasteiger partial charge in [0.1, 0.15) is 5.69 Å². The number of carbonyl (C=O) groups excluding carboxylic acids is 2. The average molecular weight is 429 g/mol. The summed E-state index contributed by atoms with van der Waals surface area (Å²) in [7, 11) is 1.46. The number of nitrogens with one attached hydrogen (secondary N) is 2. The van der Waals surface area contributed by atoms with E-state index >= 15 is 0 Å². The van der Waals surface area contributed by atoms with E-state index in [0.29, 0.717) is 5.56 Å². The highest BCUT2D eigenvalue weighted by Gasteiger charge is 2.22. The van der Waals surface area contributed by atoms with E-state index in [1.54, 1.807) is 25.1 Å². The van der Waals surface area contributed by atoms with Gasteiger partial charge in [0.2, 0.25) is 0 Å². The van der Waals surface area contributed by atoms with Crippen LogP contribution in [0.15, 0.2) is 36.5 Å². The van der Waals surface area contributed by atoms with E-state index in [0.717, 1.165) is 0 Å². The Hall–Kier alpha value is -3.41. The lowest BCUT2D eigenvalue weighted by Crippen LogP contribution is -2.23. The molecule has 2 heterocycles. The molecular weight excluding hydrogens is 415 g/mol. The Morgan fingerprint density at radius 3 is 2.62 bits per heavy atom. The molecule has 2 aromatic heterocycles. The summed E-state index contributed by atoms with van der Waals surface area (Å²) in [6.07, 6.45) is 1.51. The Morgan fingerprint density at radius 1 is 1.21 bits per heavy atom. The molecule has 10 heteroatoms. The summed E-state index contributed by atoms with van der Waals surface area (Å²) in [5.41, 5.74) is 1.36. The molecule has 0 fully saturated rings. The van der Waals surface area contributed by atoms with Gasteiger partial charge in [-0.05, 0) is 30.7 Å². The molecule has 0 unspecified atom stereocenters. The van der Waals surface area contributed by atoms with Gasteiger partial charge in [-0.1, -0.05) is 29.3 Å². The van der Waals surface area contributed by atoms with Crippen LogP contribution in [0.1, 0.15) is 26.4 Å². The SMILES string of the molecule is [C-]#[N+]c1cc(C)c(NC(=O)c2cc(Cl)nn2-c2ncccc2Cl)c(C(=O)NC)c1. The quantitative estimate of drug-likeness (QED) is 0.612. The highest BCUT2D eigenvalue weighted by atomic mass is 35.5. The minimum atomic E-state index is -0.574. The highest BCUT2D eigenvalue weighted by Crippen LogP contribution is 2.29. The third-order valence-corrected chi connectivity index (χ3v) is 4.49. The van der Waals surface area contributed by atoms with Gasteiger partial charge in [-0.25, -0.2) is 14.5 Å². The molecule has 2 N–H and O–H groups in total. The lowest BCUT2D eigenvalue weighted by molar-refractivity contribution is 0.0964. The fourth-order valence-corrected chi connectivity index (χ4v) is 3.08. The summed E-state index contributed by atoms with van der Waals surface area (Å²) < 4.78 is 1.22. The van der Waals surface area contributed by atoms with Crippen LogP contribution in [-0.4, -0.2) is 33.6 Å². The van der Waals surface area contributed by atoms with E-state index < -0.39 is 11.8 Å². The van der Waals surface area contributed by atoms with Gasteiger partial charge < -0.3 is 10.6 Å². The number of rotatable bonds is 4. The molecule has 3 rings (SSSR count). The van der Waals surface area contributed by atoms with Crippen LogP contribution < -0.4 is 10.6 Å². The van der Waals surface area contributed by atoms with Crippen molar-refractivity contribution >= 4 is 46.4 Å². The third-order valence-electron chi connectivity index (χ3n) is 4.01. The summed E-state index contributed by atoms with van der Waals surface area (Å²) in [6.45, 7) is 8.88. The number of anilines is 1. The van der Waals surface area contributed by atoms with Gasteiger partial charge in [0.05, 0.1) is 22.8 Å². The van der Waals surface area contributed by atoms with Crippen molar-refractivity contribution < 1.29 is 9.59 Å². The smallest absolute Gasteiger partial charge is 0.274 e. The first-order valence-corrected chi connectivity index (χ1v) is 9.03. The van der Waals surface area contributed by atoms with Crippen LogP contribution in [0.4, 0.5) is 11.4 Å². The molecule has 0 atom stereocenters. The monoisotopic (exact) mass is 428 g/mol. The van der Waals surface area contributed by atoms with Gasteiger partial charge in [-0.2, -0.15) is 5.10 Å². The van der Waals surface area contributed by atoms with Crippen molar-refractivity contribution in [3.05, 3.63) is 74.9 Å². The van der Waals surface area contributed by atoms with Gasteiger partial charge in [0.25, 0.3) is 11.8 Å². The number of carbonyl (C=O) groups is 2. The Balaban J connectivity index is 2.06. The fourth-order valence-electron chi connectivity index (χ4n) is 2.70. The maximum atomic E-state index is 13.0. The molecule has 146 valence electrons. The molecule has 0 spiro atoms. The number of amides is 2. The second kappa shape index (κ2) is 8.31. The molecule has 2 amide bonds. The van der Waals surface area contributed by atoms with Crippen LogP contribution in [0.3, 0.4) is 0 Å². The summed E-state index contributed by atoms with van der Waals surface area (Å²) in [5.74, 6) is -0.777. The van der Waals surface area contributed by atoms with Crippen molar-refractivity contribution in [2.45, 2.75) is 6.92 Å². The molecule has 0 saturated heterocycles. The lowest BCUT2D eigenvalue weighted by Gasteiger charge is -2.14. The molecular formula is C19H14Cl2N6O2. The molecule has 0 bridgehead atoms. The maximum absolute atomic E-state index is 13.0. The van der Waals surface area contributed by atoms with E-state index in [1.807, 2.05) is 0 Å². The summed E-state index contributed by atoms with van der Waals surface area (Å²) in [6, 6.07) is 7.61. The molecule has 8 nitrogen and oxygen atoms in total. The zero-order valence-corrected chi connectivity index (χ0v) is 16.8. The van der Waals surface area contributed by atoms with E-state index in [9.17, 15) is 9.59 Å². The van der Waals surface area contributed by atoms with Crippen molar-refractivity contribution in [2.75, 3.05) is 12.4 Å². The Morgan fingerprint density at radius 2 is 1.97 bits per heavy atom. The predicted octanol–water partition coefficient (Wildman–Crippen LogP) is 4.05. The number of nitrogens with zero attached hydrogens (tertiary/aromatic N) is 4. The third kappa shape index (κ3) is 4.06. The maximum Gasteiger partial charge on any atom is 0.274 e. The van der Waals surface area contributed by atoms with Crippen molar-refractivity contribution in [1.29, 1.82) is 0 Å². The van der Waals surface area contributed by atoms with Crippen molar-refractivity contribution in [3.8, 4) is 5.82 Å². The predicted molar refractivity (Wildman–Crippen MR) is 110 cm³/mol. The highest BCUT2D eigenvalue weighted by molar-refractivity contribution is 6.32. The lowest BCUT2D eigenvalue weighted by atomic mass is 10.1. The van der Waals surface area contributed by atoms with Crippen LogP contribution in [0.25, 0.3) is 10.7 Å². The van der Waals surface area contributed by atoms with Crippen LogP contribution in [0.2, 0.25) is 10.2 Å². The summed E-state index contributed by atoms with van der Waals surface area (Å²) in [4.78, 5) is 32.8. The number of hydrogen-bond donors (Lipinski definition) is 2. The average Bonchev–Trinajstić information content (AvgIpc) is 3.10. The molecule has 1 aromatic carbocycles. The largest absolute Gasteiger partial charge is 0.355 e. The van der Waals surface area contributed by atoms with E-state index in [4.69, 9.17) is 29.8 Å². The minimum absolute atomic E-state index is 0.0727. The van der Waals surface area contributed by atoms with Gasteiger partial charge in [0, 0.05) is 19.3 Å². The molecule has 0 saturated carbocycles. The molecule has 0 radical (unpaired) electrons. The normalized spacial score (nSPS) is 10.3. The molecule has 3 aromatic rings. The van der Waals surface area contributed by atoms with Crippen molar-refractivity contribution in [1.82, 2.24) is 20.1 Å². The van der Waals surface area contributed by atoms with Gasteiger partial charge in [-0.3, -0.25) is 9.59 Å². The van der Waals surface area contributed by atoms with Gasteiger partial charge >= 0.3 is 0 Å². The van der Waals surface area contributed by atoms with E-state index in [1.165, 1.54) is 30.1 Å².